The molecular formula is C12H24O7Si2. The standard InChI is InChI=1S/C8H12O6Si.C4H12OSi/c1-5-15(12-6(2)9,13-7(3)10)14-8(4)11;1-4-5-6(2)3/h5H,1H2,2-4H3;6H,4H2,1-3H3. The highest BCUT2D eigenvalue weighted by Crippen LogP contribution is 2.12. The van der Waals surface area contributed by atoms with Gasteiger partial charge >= 0.3 is 8.80 Å². The molecule has 0 fully saturated rings. The van der Waals surface area contributed by atoms with Gasteiger partial charge in [0.25, 0.3) is 17.9 Å². The van der Waals surface area contributed by atoms with Gasteiger partial charge in [0.2, 0.25) is 0 Å². The number of rotatable bonds is 6. The molecule has 0 unspecified atom stereocenters. The molecule has 0 radical (unpaired) electrons. The van der Waals surface area contributed by atoms with Gasteiger partial charge in [0.15, 0.2) is 9.04 Å². The van der Waals surface area contributed by atoms with Crippen molar-refractivity contribution in [3.8, 4) is 0 Å². The smallest absolute Gasteiger partial charge is 0.452 e. The van der Waals surface area contributed by atoms with E-state index in [0.29, 0.717) is 0 Å². The molecular weight excluding hydrogens is 312 g/mol. The van der Waals surface area contributed by atoms with Crippen molar-refractivity contribution in [3.63, 3.8) is 0 Å². The average molecular weight is 336 g/mol. The molecule has 0 saturated carbocycles. The summed E-state index contributed by atoms with van der Waals surface area (Å²) >= 11 is 0. The Morgan fingerprint density at radius 1 is 1.00 bits per heavy atom. The topological polar surface area (TPSA) is 88.1 Å². The van der Waals surface area contributed by atoms with Crippen molar-refractivity contribution in [1.29, 1.82) is 0 Å². The summed E-state index contributed by atoms with van der Waals surface area (Å²) in [6.45, 7) is 13.9. The van der Waals surface area contributed by atoms with Crippen LogP contribution in [0.4, 0.5) is 0 Å². The summed E-state index contributed by atoms with van der Waals surface area (Å²) in [6, 6.07) is 0. The highest BCUT2D eigenvalue weighted by atomic mass is 28.4. The predicted octanol–water partition coefficient (Wildman–Crippen LogP) is 1.35. The number of carbonyl (C=O) groups is 3. The van der Waals surface area contributed by atoms with Crippen molar-refractivity contribution < 1.29 is 32.1 Å². The summed E-state index contributed by atoms with van der Waals surface area (Å²) in [5, 5.41) is 0. The number of hydrogen-bond donors (Lipinski definition) is 0. The highest BCUT2D eigenvalue weighted by Gasteiger charge is 2.48. The van der Waals surface area contributed by atoms with Gasteiger partial charge in [0, 0.05) is 33.1 Å². The zero-order valence-electron chi connectivity index (χ0n) is 13.4. The Morgan fingerprint density at radius 2 is 1.33 bits per heavy atom. The van der Waals surface area contributed by atoms with E-state index in [-0.39, 0.29) is 0 Å². The summed E-state index contributed by atoms with van der Waals surface area (Å²) in [4.78, 5) is 32.3. The molecule has 0 bridgehead atoms. The molecule has 0 atom stereocenters. The van der Waals surface area contributed by atoms with E-state index < -0.39 is 35.8 Å². The Morgan fingerprint density at radius 3 is 1.43 bits per heavy atom. The van der Waals surface area contributed by atoms with Crippen LogP contribution in [0.3, 0.4) is 0 Å². The summed E-state index contributed by atoms with van der Waals surface area (Å²) < 4.78 is 19.3. The highest BCUT2D eigenvalue weighted by molar-refractivity contribution is 6.70. The lowest BCUT2D eigenvalue weighted by Gasteiger charge is -2.22. The van der Waals surface area contributed by atoms with Gasteiger partial charge in [-0.15, -0.1) is 0 Å². The van der Waals surface area contributed by atoms with E-state index >= 15 is 0 Å². The zero-order chi connectivity index (χ0) is 17.1. The maximum Gasteiger partial charge on any atom is 0.734 e. The molecule has 7 nitrogen and oxygen atoms in total. The Hall–Kier alpha value is -1.46. The van der Waals surface area contributed by atoms with E-state index in [2.05, 4.69) is 19.7 Å². The fraction of sp³-hybridized carbons (Fsp3) is 0.583. The van der Waals surface area contributed by atoms with Crippen LogP contribution in [0.1, 0.15) is 27.7 Å². The fourth-order valence-electron chi connectivity index (χ4n) is 1.12. The Labute approximate surface area is 128 Å². The van der Waals surface area contributed by atoms with Crippen LogP contribution >= 0.6 is 0 Å². The van der Waals surface area contributed by atoms with Gasteiger partial charge in [0.05, 0.1) is 0 Å². The molecule has 9 heteroatoms. The van der Waals surface area contributed by atoms with Crippen molar-refractivity contribution in [2.24, 2.45) is 0 Å². The maximum atomic E-state index is 10.8. The quantitative estimate of drug-likeness (QED) is 0.676. The second-order valence-corrected chi connectivity index (χ2v) is 8.75. The van der Waals surface area contributed by atoms with Gasteiger partial charge in [-0.1, -0.05) is 6.58 Å². The van der Waals surface area contributed by atoms with Gasteiger partial charge in [-0.2, -0.15) is 0 Å². The fourth-order valence-corrected chi connectivity index (χ4v) is 3.37. The number of hydrogen-bond acceptors (Lipinski definition) is 7. The van der Waals surface area contributed by atoms with E-state index in [1.54, 1.807) is 0 Å². The summed E-state index contributed by atoms with van der Waals surface area (Å²) in [6.07, 6.45) is 0. The average Bonchev–Trinajstić information content (AvgIpc) is 2.26. The third-order valence-corrected chi connectivity index (χ3v) is 4.82. The molecule has 0 saturated heterocycles. The van der Waals surface area contributed by atoms with Gasteiger partial charge in [-0.05, 0) is 20.0 Å². The van der Waals surface area contributed by atoms with Crippen LogP contribution in [-0.4, -0.2) is 42.4 Å². The number of carbonyl (C=O) groups excluding carboxylic acids is 3. The molecule has 0 N–H and O–H groups in total. The Bertz CT molecular complexity index is 328. The van der Waals surface area contributed by atoms with Gasteiger partial charge < -0.3 is 17.7 Å². The molecule has 0 amide bonds. The zero-order valence-corrected chi connectivity index (χ0v) is 15.6. The van der Waals surface area contributed by atoms with Crippen LogP contribution < -0.4 is 0 Å². The minimum absolute atomic E-state index is 0.671. The van der Waals surface area contributed by atoms with E-state index in [1.807, 2.05) is 6.92 Å². The van der Waals surface area contributed by atoms with Crippen LogP contribution in [0.2, 0.25) is 13.1 Å². The first-order chi connectivity index (χ1) is 9.58. The van der Waals surface area contributed by atoms with Crippen molar-refractivity contribution in [2.75, 3.05) is 6.61 Å². The first kappa shape index (κ1) is 21.8. The van der Waals surface area contributed by atoms with Gasteiger partial charge in [-0.3, -0.25) is 14.4 Å². The van der Waals surface area contributed by atoms with Crippen molar-refractivity contribution in [2.45, 2.75) is 40.8 Å². The monoisotopic (exact) mass is 336 g/mol. The van der Waals surface area contributed by atoms with Crippen molar-refractivity contribution >= 4 is 35.8 Å². The SMILES string of the molecule is C=C[Si](OC(C)=O)(OC(C)=O)OC(C)=O.CCO[SiH](C)C. The normalized spacial score (nSPS) is 10.0. The van der Waals surface area contributed by atoms with E-state index in [9.17, 15) is 14.4 Å². The maximum absolute atomic E-state index is 10.8. The van der Waals surface area contributed by atoms with Crippen molar-refractivity contribution in [3.05, 3.63) is 12.3 Å². The van der Waals surface area contributed by atoms with E-state index in [4.69, 9.17) is 17.7 Å². The molecule has 0 spiro atoms. The second kappa shape index (κ2) is 11.2. The van der Waals surface area contributed by atoms with E-state index in [0.717, 1.165) is 33.1 Å². The predicted molar refractivity (Wildman–Crippen MR) is 81.8 cm³/mol. The summed E-state index contributed by atoms with van der Waals surface area (Å²) in [5.41, 5.74) is 1.04. The molecule has 21 heavy (non-hydrogen) atoms. The molecule has 0 heterocycles. The molecule has 0 aliphatic carbocycles. The lowest BCUT2D eigenvalue weighted by molar-refractivity contribution is -0.146. The third kappa shape index (κ3) is 13.3. The minimum Gasteiger partial charge on any atom is -0.452 e. The van der Waals surface area contributed by atoms with Crippen LogP contribution in [0, 0.1) is 0 Å². The largest absolute Gasteiger partial charge is 0.734 e. The molecule has 0 aliphatic heterocycles. The Kier molecular flexibility index (Phi) is 11.7. The molecule has 0 aromatic carbocycles. The molecule has 0 aromatic rings. The van der Waals surface area contributed by atoms with Gasteiger partial charge in [0.1, 0.15) is 0 Å². The molecule has 122 valence electrons. The lowest BCUT2D eigenvalue weighted by Crippen LogP contribution is -2.47. The molecule has 0 aromatic heterocycles. The second-order valence-electron chi connectivity index (χ2n) is 4.09. The van der Waals surface area contributed by atoms with Crippen LogP contribution in [0.25, 0.3) is 0 Å². The third-order valence-electron chi connectivity index (χ3n) is 1.61. The Balaban J connectivity index is 0. The van der Waals surface area contributed by atoms with Gasteiger partial charge in [-0.25, -0.2) is 0 Å². The molecule has 0 aliphatic rings. The first-order valence-electron chi connectivity index (χ1n) is 6.42. The lowest BCUT2D eigenvalue weighted by atomic mass is 10.9. The minimum atomic E-state index is -3.74. The van der Waals surface area contributed by atoms with Crippen LogP contribution in [0.5, 0.6) is 0 Å². The summed E-state index contributed by atoms with van der Waals surface area (Å²) in [5.74, 6) is -2.16. The first-order valence-corrected chi connectivity index (χ1v) is 11.0. The van der Waals surface area contributed by atoms with Crippen LogP contribution in [0.15, 0.2) is 12.3 Å². The van der Waals surface area contributed by atoms with E-state index in [1.165, 1.54) is 0 Å². The van der Waals surface area contributed by atoms with Crippen molar-refractivity contribution in [1.82, 2.24) is 0 Å². The summed E-state index contributed by atoms with van der Waals surface area (Å²) in [7, 11) is -4.41. The van der Waals surface area contributed by atoms with Crippen LogP contribution in [-0.2, 0) is 32.1 Å². The molecule has 0 rings (SSSR count).